The second-order valence-corrected chi connectivity index (χ2v) is 5.17. The Labute approximate surface area is 80.0 Å². The monoisotopic (exact) mass is 210 g/mol. The molecule has 0 rings (SSSR count). The van der Waals surface area contributed by atoms with Crippen LogP contribution in [0, 0.1) is 0 Å². The molecule has 0 atom stereocenters. The molecule has 13 heavy (non-hydrogen) atoms. The van der Waals surface area contributed by atoms with E-state index in [9.17, 15) is 8.42 Å². The first-order chi connectivity index (χ1) is 5.88. The van der Waals surface area contributed by atoms with Crippen LogP contribution in [0.1, 0.15) is 0 Å². The van der Waals surface area contributed by atoms with Crippen LogP contribution in [0.25, 0.3) is 0 Å². The van der Waals surface area contributed by atoms with Crippen LogP contribution >= 0.6 is 0 Å². The highest BCUT2D eigenvalue weighted by atomic mass is 32.2. The minimum absolute atomic E-state index is 0.138. The van der Waals surface area contributed by atoms with Crippen molar-refractivity contribution in [1.29, 1.82) is 0 Å². The summed E-state index contributed by atoms with van der Waals surface area (Å²) < 4.78 is 23.5. The Balaban J connectivity index is 4.12. The smallest absolute Gasteiger partial charge is 0.211 e. The molecule has 0 saturated heterocycles. The van der Waals surface area contributed by atoms with E-state index in [1.807, 2.05) is 19.0 Å². The molecule has 0 aromatic heterocycles. The van der Waals surface area contributed by atoms with Gasteiger partial charge < -0.3 is 10.0 Å². The summed E-state index contributed by atoms with van der Waals surface area (Å²) in [6.45, 7) is 1.12. The van der Waals surface area contributed by atoms with Gasteiger partial charge in [0, 0.05) is 19.6 Å². The zero-order valence-electron chi connectivity index (χ0n) is 8.39. The first-order valence-corrected chi connectivity index (χ1v) is 5.93. The average molecular weight is 210 g/mol. The Morgan fingerprint density at radius 1 is 1.15 bits per heavy atom. The van der Waals surface area contributed by atoms with Crippen molar-refractivity contribution in [2.45, 2.75) is 0 Å². The van der Waals surface area contributed by atoms with E-state index in [2.05, 4.69) is 0 Å². The molecule has 0 aliphatic rings. The van der Waals surface area contributed by atoms with Crippen molar-refractivity contribution in [3.8, 4) is 0 Å². The fourth-order valence-electron chi connectivity index (χ4n) is 0.867. The summed E-state index contributed by atoms with van der Waals surface area (Å²) >= 11 is 0. The van der Waals surface area contributed by atoms with Gasteiger partial charge in [-0.05, 0) is 14.1 Å². The molecule has 5 nitrogen and oxygen atoms in total. The van der Waals surface area contributed by atoms with Gasteiger partial charge in [-0.25, -0.2) is 8.42 Å². The Kier molecular flexibility index (Phi) is 5.46. The highest BCUT2D eigenvalue weighted by Gasteiger charge is 2.15. The van der Waals surface area contributed by atoms with E-state index in [1.165, 1.54) is 4.31 Å². The van der Waals surface area contributed by atoms with Crippen molar-refractivity contribution in [3.05, 3.63) is 0 Å². The molecule has 0 aliphatic heterocycles. The van der Waals surface area contributed by atoms with Crippen molar-refractivity contribution in [3.63, 3.8) is 0 Å². The molecule has 0 aliphatic carbocycles. The van der Waals surface area contributed by atoms with Crippen molar-refractivity contribution < 1.29 is 13.5 Å². The van der Waals surface area contributed by atoms with E-state index < -0.39 is 10.0 Å². The third kappa shape index (κ3) is 5.98. The summed E-state index contributed by atoms with van der Waals surface area (Å²) in [5, 5.41) is 8.65. The molecule has 0 aromatic carbocycles. The molecular weight excluding hydrogens is 192 g/mol. The van der Waals surface area contributed by atoms with Crippen LogP contribution in [-0.4, -0.2) is 69.3 Å². The van der Waals surface area contributed by atoms with Gasteiger partial charge in [-0.15, -0.1) is 0 Å². The fraction of sp³-hybridized carbons (Fsp3) is 1.00. The number of hydrogen-bond donors (Lipinski definition) is 1. The lowest BCUT2D eigenvalue weighted by atomic mass is 10.5. The minimum Gasteiger partial charge on any atom is -0.395 e. The van der Waals surface area contributed by atoms with E-state index >= 15 is 0 Å². The second-order valence-electron chi connectivity index (χ2n) is 3.19. The van der Waals surface area contributed by atoms with Crippen LogP contribution in [0.2, 0.25) is 0 Å². The molecule has 6 heteroatoms. The predicted octanol–water partition coefficient (Wildman–Crippen LogP) is -1.20. The van der Waals surface area contributed by atoms with Crippen molar-refractivity contribution >= 4 is 10.0 Å². The summed E-state index contributed by atoms with van der Waals surface area (Å²) in [7, 11) is 0.573. The van der Waals surface area contributed by atoms with Gasteiger partial charge in [0.05, 0.1) is 12.9 Å². The van der Waals surface area contributed by atoms with Gasteiger partial charge in [0.15, 0.2) is 0 Å². The molecule has 0 radical (unpaired) electrons. The maximum absolute atomic E-state index is 11.1. The number of hydrogen-bond acceptors (Lipinski definition) is 4. The van der Waals surface area contributed by atoms with Gasteiger partial charge >= 0.3 is 0 Å². The number of aliphatic hydroxyl groups is 1. The van der Waals surface area contributed by atoms with E-state index in [0.717, 1.165) is 6.26 Å². The third-order valence-corrected chi connectivity index (χ3v) is 2.92. The van der Waals surface area contributed by atoms with Gasteiger partial charge in [0.2, 0.25) is 10.0 Å². The predicted molar refractivity (Wildman–Crippen MR) is 52.1 cm³/mol. The van der Waals surface area contributed by atoms with Crippen LogP contribution in [0.3, 0.4) is 0 Å². The molecule has 0 bridgehead atoms. The Bertz CT molecular complexity index is 226. The van der Waals surface area contributed by atoms with E-state index in [0.29, 0.717) is 13.1 Å². The normalized spacial score (nSPS) is 12.8. The molecule has 0 amide bonds. The van der Waals surface area contributed by atoms with Gasteiger partial charge in [0.25, 0.3) is 0 Å². The molecule has 80 valence electrons. The second kappa shape index (κ2) is 5.54. The topological polar surface area (TPSA) is 60.9 Å². The van der Waals surface area contributed by atoms with Crippen LogP contribution in [0.5, 0.6) is 0 Å². The van der Waals surface area contributed by atoms with Gasteiger partial charge in [-0.2, -0.15) is 4.31 Å². The lowest BCUT2D eigenvalue weighted by Crippen LogP contribution is -2.37. The van der Waals surface area contributed by atoms with Gasteiger partial charge in [-0.1, -0.05) is 0 Å². The van der Waals surface area contributed by atoms with E-state index in [1.54, 1.807) is 0 Å². The maximum atomic E-state index is 11.1. The minimum atomic E-state index is -3.18. The van der Waals surface area contributed by atoms with E-state index in [-0.39, 0.29) is 13.2 Å². The number of rotatable bonds is 6. The Morgan fingerprint density at radius 3 is 2.00 bits per heavy atom. The Morgan fingerprint density at radius 2 is 1.69 bits per heavy atom. The molecule has 0 fully saturated rings. The van der Waals surface area contributed by atoms with Gasteiger partial charge in [0.1, 0.15) is 0 Å². The molecule has 1 N–H and O–H groups in total. The van der Waals surface area contributed by atoms with Crippen molar-refractivity contribution in [2.75, 3.05) is 46.6 Å². The van der Waals surface area contributed by atoms with Crippen LogP contribution in [0.4, 0.5) is 0 Å². The first-order valence-electron chi connectivity index (χ1n) is 4.08. The SMILES string of the molecule is CN(C)CCN(CCO)S(C)(=O)=O. The van der Waals surface area contributed by atoms with Crippen molar-refractivity contribution in [2.24, 2.45) is 0 Å². The quantitative estimate of drug-likeness (QED) is 0.598. The first kappa shape index (κ1) is 12.8. The van der Waals surface area contributed by atoms with Gasteiger partial charge in [-0.3, -0.25) is 0 Å². The molecule has 0 unspecified atom stereocenters. The molecule has 0 spiro atoms. The summed E-state index contributed by atoms with van der Waals surface area (Å²) in [5.41, 5.74) is 0. The number of aliphatic hydroxyl groups excluding tert-OH is 1. The van der Waals surface area contributed by atoms with Crippen LogP contribution in [-0.2, 0) is 10.0 Å². The van der Waals surface area contributed by atoms with Crippen LogP contribution in [0.15, 0.2) is 0 Å². The largest absolute Gasteiger partial charge is 0.395 e. The van der Waals surface area contributed by atoms with E-state index in [4.69, 9.17) is 5.11 Å². The molecule has 0 heterocycles. The lowest BCUT2D eigenvalue weighted by molar-refractivity contribution is 0.244. The third-order valence-electron chi connectivity index (χ3n) is 1.62. The number of likely N-dealkylation sites (N-methyl/N-ethyl adjacent to an activating group) is 1. The zero-order valence-corrected chi connectivity index (χ0v) is 9.21. The average Bonchev–Trinajstić information content (AvgIpc) is 1.95. The summed E-state index contributed by atoms with van der Waals surface area (Å²) in [6, 6.07) is 0. The standard InChI is InChI=1S/C7H18N2O3S/c1-8(2)4-5-9(6-7-10)13(3,11)12/h10H,4-7H2,1-3H3. The molecule has 0 aromatic rings. The zero-order chi connectivity index (χ0) is 10.5. The summed E-state index contributed by atoms with van der Waals surface area (Å²) in [6.07, 6.45) is 1.15. The molecule has 0 saturated carbocycles. The Hall–Kier alpha value is -0.170. The highest BCUT2D eigenvalue weighted by molar-refractivity contribution is 7.88. The lowest BCUT2D eigenvalue weighted by Gasteiger charge is -2.20. The number of nitrogens with zero attached hydrogens (tertiary/aromatic N) is 2. The van der Waals surface area contributed by atoms with Crippen LogP contribution < -0.4 is 0 Å². The van der Waals surface area contributed by atoms with Crippen molar-refractivity contribution in [1.82, 2.24) is 9.21 Å². The summed E-state index contributed by atoms with van der Waals surface area (Å²) in [4.78, 5) is 1.90. The summed E-state index contributed by atoms with van der Waals surface area (Å²) in [5.74, 6) is 0. The molecular formula is C7H18N2O3S. The fourth-order valence-corrected chi connectivity index (χ4v) is 1.69. The maximum Gasteiger partial charge on any atom is 0.211 e. The highest BCUT2D eigenvalue weighted by Crippen LogP contribution is 1.96. The number of sulfonamides is 1.